The quantitative estimate of drug-likeness (QED) is 0.279. The molecular formula is C33H39N9. The van der Waals surface area contributed by atoms with E-state index in [1.54, 1.807) is 4.68 Å². The summed E-state index contributed by atoms with van der Waals surface area (Å²) in [6.45, 7) is 2.64. The van der Waals surface area contributed by atoms with E-state index in [0.29, 0.717) is 17.8 Å². The van der Waals surface area contributed by atoms with E-state index in [4.69, 9.17) is 5.73 Å². The van der Waals surface area contributed by atoms with E-state index in [9.17, 15) is 0 Å². The second kappa shape index (κ2) is 10.8. The van der Waals surface area contributed by atoms with Crippen molar-refractivity contribution in [2.75, 3.05) is 24.1 Å². The Morgan fingerprint density at radius 1 is 0.857 bits per heavy atom. The average molecular weight is 562 g/mol. The summed E-state index contributed by atoms with van der Waals surface area (Å²) < 4.78 is 1.58. The molecule has 3 aromatic heterocycles. The molecule has 0 bridgehead atoms. The molecule has 0 radical (unpaired) electrons. The largest absolute Gasteiger partial charge is 0.368 e. The Kier molecular flexibility index (Phi) is 6.62. The first-order valence-electron chi connectivity index (χ1n) is 15.8. The number of benzene rings is 1. The van der Waals surface area contributed by atoms with E-state index in [2.05, 4.69) is 59.7 Å². The molecule has 8 rings (SSSR count). The van der Waals surface area contributed by atoms with E-state index in [1.807, 2.05) is 18.3 Å². The van der Waals surface area contributed by atoms with Gasteiger partial charge in [0.15, 0.2) is 5.82 Å². The van der Waals surface area contributed by atoms with Crippen LogP contribution in [-0.2, 0) is 25.7 Å². The lowest BCUT2D eigenvalue weighted by Gasteiger charge is -2.31. The molecule has 2 fully saturated rings. The molecule has 3 heterocycles. The molecule has 4 aliphatic carbocycles. The van der Waals surface area contributed by atoms with Crippen molar-refractivity contribution in [2.45, 2.75) is 76.7 Å². The minimum atomic E-state index is 0.284. The number of hydrogen-bond donors (Lipinski definition) is 2. The number of fused-ring (bicyclic) bond motifs is 4. The molecule has 4 aromatic rings. The minimum Gasteiger partial charge on any atom is -0.368 e. The van der Waals surface area contributed by atoms with Crippen molar-refractivity contribution < 1.29 is 0 Å². The second-order valence-electron chi connectivity index (χ2n) is 12.8. The van der Waals surface area contributed by atoms with Gasteiger partial charge < -0.3 is 11.1 Å². The van der Waals surface area contributed by atoms with Gasteiger partial charge in [0.25, 0.3) is 0 Å². The molecule has 0 unspecified atom stereocenters. The van der Waals surface area contributed by atoms with Gasteiger partial charge in [-0.1, -0.05) is 6.07 Å². The van der Waals surface area contributed by atoms with Gasteiger partial charge in [-0.3, -0.25) is 9.88 Å². The van der Waals surface area contributed by atoms with E-state index >= 15 is 0 Å². The number of nitrogens with one attached hydrogen (secondary N) is 1. The van der Waals surface area contributed by atoms with Crippen LogP contribution < -0.4 is 11.1 Å². The first-order valence-corrected chi connectivity index (χ1v) is 15.8. The number of nitrogens with two attached hydrogens (primary N) is 1. The van der Waals surface area contributed by atoms with Crippen LogP contribution in [0, 0.1) is 11.8 Å². The van der Waals surface area contributed by atoms with Gasteiger partial charge in [-0.15, -0.1) is 15.3 Å². The maximum Gasteiger partial charge on any atom is 0.248 e. The van der Waals surface area contributed by atoms with Crippen LogP contribution >= 0.6 is 0 Å². The lowest BCUT2D eigenvalue weighted by atomic mass is 10.0. The smallest absolute Gasteiger partial charge is 0.248 e. The second-order valence-corrected chi connectivity index (χ2v) is 12.8. The number of anilines is 3. The first-order chi connectivity index (χ1) is 20.7. The Morgan fingerprint density at radius 2 is 1.67 bits per heavy atom. The molecule has 0 amide bonds. The van der Waals surface area contributed by atoms with E-state index in [0.717, 1.165) is 72.1 Å². The highest BCUT2D eigenvalue weighted by Crippen LogP contribution is 2.37. The molecule has 4 aliphatic rings. The lowest BCUT2D eigenvalue weighted by Crippen LogP contribution is -2.38. The maximum absolute atomic E-state index is 6.33. The van der Waals surface area contributed by atoms with Gasteiger partial charge in [0.2, 0.25) is 11.9 Å². The van der Waals surface area contributed by atoms with Gasteiger partial charge >= 0.3 is 0 Å². The number of rotatable bonds is 8. The SMILES string of the molecule is Nc1nc(Nc2ccc3c(c2)CC[C@@H](N(CC2CC2)CC2CC2)CC3)nn1-c1cc2c(nn1)-c1cccnc1CCC2. The molecule has 0 aliphatic heterocycles. The molecule has 9 nitrogen and oxygen atoms in total. The summed E-state index contributed by atoms with van der Waals surface area (Å²) in [5.74, 6) is 3.23. The van der Waals surface area contributed by atoms with E-state index < -0.39 is 0 Å². The number of nitrogens with zero attached hydrogens (tertiary/aromatic N) is 7. The summed E-state index contributed by atoms with van der Waals surface area (Å²) in [5.41, 5.74) is 14.4. The zero-order valence-corrected chi connectivity index (χ0v) is 24.2. The molecule has 216 valence electrons. The standard InChI is InChI=1S/C33H39N9/c34-32-37-33(40-42(32)30-18-25-3-1-5-29-28(4-2-16-35-29)31(25)39-38-30)36-26-13-10-23-11-14-27(15-12-24(23)17-26)41(19-21-6-7-21)20-22-8-9-22/h2,4,10,13,16-18,21-22,27H,1,3,5-9,11-12,14-15,19-20H2,(H3,34,36,37,40)/t27-/m0/s1. The van der Waals surface area contributed by atoms with E-state index in [1.165, 1.54) is 62.7 Å². The number of nitrogen functional groups attached to an aromatic ring is 1. The Hall–Kier alpha value is -3.85. The van der Waals surface area contributed by atoms with Gasteiger partial charge in [0.1, 0.15) is 0 Å². The molecule has 1 atom stereocenters. The fourth-order valence-electron chi connectivity index (χ4n) is 6.88. The first kappa shape index (κ1) is 25.8. The van der Waals surface area contributed by atoms with Gasteiger partial charge in [-0.05, 0) is 129 Å². The molecular weight excluding hydrogens is 522 g/mol. The number of pyridine rings is 1. The van der Waals surface area contributed by atoms with Crippen LogP contribution in [0.25, 0.3) is 17.1 Å². The van der Waals surface area contributed by atoms with Crippen LogP contribution in [-0.4, -0.2) is 54.0 Å². The summed E-state index contributed by atoms with van der Waals surface area (Å²) in [4.78, 5) is 11.9. The summed E-state index contributed by atoms with van der Waals surface area (Å²) in [7, 11) is 0. The predicted molar refractivity (Wildman–Crippen MR) is 164 cm³/mol. The predicted octanol–water partition coefficient (Wildman–Crippen LogP) is 5.30. The zero-order chi connectivity index (χ0) is 28.0. The van der Waals surface area contributed by atoms with Gasteiger partial charge in [-0.25, -0.2) is 0 Å². The van der Waals surface area contributed by atoms with E-state index in [-0.39, 0.29) is 5.95 Å². The molecule has 42 heavy (non-hydrogen) atoms. The van der Waals surface area contributed by atoms with Crippen molar-refractivity contribution in [3.05, 3.63) is 65.0 Å². The van der Waals surface area contributed by atoms with Crippen LogP contribution in [0.5, 0.6) is 0 Å². The third-order valence-electron chi connectivity index (χ3n) is 9.57. The molecule has 9 heteroatoms. The van der Waals surface area contributed by atoms with Crippen molar-refractivity contribution >= 4 is 17.6 Å². The van der Waals surface area contributed by atoms with Crippen LogP contribution in [0.1, 0.15) is 67.3 Å². The van der Waals surface area contributed by atoms with Gasteiger partial charge in [0, 0.05) is 42.3 Å². The number of aryl methyl sites for hydroxylation is 4. The van der Waals surface area contributed by atoms with Crippen molar-refractivity contribution in [1.29, 1.82) is 0 Å². The Morgan fingerprint density at radius 3 is 2.48 bits per heavy atom. The molecule has 0 spiro atoms. The third kappa shape index (κ3) is 5.38. The normalized spacial score (nSPS) is 19.9. The Bertz CT molecular complexity index is 1590. The molecule has 0 saturated heterocycles. The van der Waals surface area contributed by atoms with Crippen LogP contribution in [0.3, 0.4) is 0 Å². The Balaban J connectivity index is 0.982. The van der Waals surface area contributed by atoms with Gasteiger partial charge in [-0.2, -0.15) is 9.67 Å². The fraction of sp³-hybridized carbons (Fsp3) is 0.485. The van der Waals surface area contributed by atoms with Crippen LogP contribution in [0.4, 0.5) is 17.6 Å². The average Bonchev–Trinajstić information content (AvgIpc) is 3.92. The third-order valence-corrected chi connectivity index (χ3v) is 9.57. The minimum absolute atomic E-state index is 0.284. The summed E-state index contributed by atoms with van der Waals surface area (Å²) in [6.07, 6.45) is 15.2. The van der Waals surface area contributed by atoms with Crippen LogP contribution in [0.15, 0.2) is 42.6 Å². The highest BCUT2D eigenvalue weighted by atomic mass is 15.4. The van der Waals surface area contributed by atoms with Gasteiger partial charge in [0.05, 0.1) is 5.69 Å². The van der Waals surface area contributed by atoms with Crippen molar-refractivity contribution in [3.63, 3.8) is 0 Å². The fourth-order valence-corrected chi connectivity index (χ4v) is 6.88. The number of hydrogen-bond acceptors (Lipinski definition) is 8. The summed E-state index contributed by atoms with van der Waals surface area (Å²) >= 11 is 0. The van der Waals surface area contributed by atoms with Crippen molar-refractivity contribution in [2.24, 2.45) is 11.8 Å². The van der Waals surface area contributed by atoms with Crippen molar-refractivity contribution in [1.82, 2.24) is 34.8 Å². The lowest BCUT2D eigenvalue weighted by molar-refractivity contribution is 0.165. The topological polar surface area (TPSA) is 111 Å². The zero-order valence-electron chi connectivity index (χ0n) is 24.2. The highest BCUT2D eigenvalue weighted by molar-refractivity contribution is 5.67. The van der Waals surface area contributed by atoms with Crippen molar-refractivity contribution in [3.8, 4) is 17.1 Å². The summed E-state index contributed by atoms with van der Waals surface area (Å²) in [5, 5.41) is 17.2. The monoisotopic (exact) mass is 561 g/mol. The Labute approximate surface area is 247 Å². The molecule has 1 aromatic carbocycles. The van der Waals surface area contributed by atoms with Crippen LogP contribution in [0.2, 0.25) is 0 Å². The maximum atomic E-state index is 6.33. The molecule has 2 saturated carbocycles. The number of aromatic nitrogens is 6. The summed E-state index contributed by atoms with van der Waals surface area (Å²) in [6, 6.07) is 13.5. The molecule has 3 N–H and O–H groups in total. The highest BCUT2D eigenvalue weighted by Gasteiger charge is 2.33.